The molecule has 0 unspecified atom stereocenters. The Hall–Kier alpha value is -1.48. The molecule has 0 radical (unpaired) electrons. The molecule has 0 atom stereocenters. The zero-order chi connectivity index (χ0) is 7.07. The fraction of sp³-hybridized carbons (Fsp3) is 0. The topological polar surface area (TPSA) is 0 Å². The van der Waals surface area contributed by atoms with E-state index in [1.807, 2.05) is 48.6 Å². The van der Waals surface area contributed by atoms with Gasteiger partial charge in [-0.05, 0) is 24.3 Å². The van der Waals surface area contributed by atoms with Crippen molar-refractivity contribution in [1.82, 2.24) is 0 Å². The zero-order valence-electron chi connectivity index (χ0n) is 5.62. The monoisotopic (exact) mass is 128 g/mol. The molecule has 0 aliphatic heterocycles. The molecule has 0 spiro atoms. The van der Waals surface area contributed by atoms with Gasteiger partial charge in [-0.2, -0.15) is 0 Å². The molecule has 0 N–H and O–H groups in total. The Labute approximate surface area is 60.9 Å². The lowest BCUT2D eigenvalue weighted by atomic mass is 10.4. The summed E-state index contributed by atoms with van der Waals surface area (Å²) in [5, 5.41) is 0. The Balaban J connectivity index is 2.86. The maximum absolute atomic E-state index is 2.96. The van der Waals surface area contributed by atoms with E-state index in [1.165, 1.54) is 0 Å². The van der Waals surface area contributed by atoms with E-state index in [4.69, 9.17) is 0 Å². The summed E-state index contributed by atoms with van der Waals surface area (Å²) in [5.41, 5.74) is 5.93. The van der Waals surface area contributed by atoms with Gasteiger partial charge in [0.2, 0.25) is 0 Å². The van der Waals surface area contributed by atoms with Crippen LogP contribution in [0.2, 0.25) is 0 Å². The van der Waals surface area contributed by atoms with Gasteiger partial charge in [0, 0.05) is 0 Å². The summed E-state index contributed by atoms with van der Waals surface area (Å²) in [6.07, 6.45) is 15.1. The summed E-state index contributed by atoms with van der Waals surface area (Å²) < 4.78 is 0. The average molecular weight is 128 g/mol. The molecule has 0 saturated carbocycles. The molecule has 0 bridgehead atoms. The summed E-state index contributed by atoms with van der Waals surface area (Å²) in [7, 11) is 0. The molecule has 0 fully saturated rings. The SMILES string of the molecule is C1=CC=CC=C=CC=CC=1. The lowest BCUT2D eigenvalue weighted by Crippen LogP contribution is -1.50. The van der Waals surface area contributed by atoms with Crippen LogP contribution in [0.25, 0.3) is 0 Å². The fourth-order valence-electron chi connectivity index (χ4n) is 0.556. The van der Waals surface area contributed by atoms with Crippen molar-refractivity contribution in [2.75, 3.05) is 0 Å². The molecule has 0 amide bonds. The van der Waals surface area contributed by atoms with Gasteiger partial charge in [0.1, 0.15) is 0 Å². The highest BCUT2D eigenvalue weighted by atomic mass is 13.7. The van der Waals surface area contributed by atoms with Gasteiger partial charge in [0.15, 0.2) is 0 Å². The highest BCUT2D eigenvalue weighted by Crippen LogP contribution is 1.82. The molecule has 0 aromatic rings. The van der Waals surface area contributed by atoms with Gasteiger partial charge < -0.3 is 0 Å². The van der Waals surface area contributed by atoms with Crippen molar-refractivity contribution in [3.63, 3.8) is 0 Å². The lowest BCUT2D eigenvalue weighted by molar-refractivity contribution is 1.86. The minimum absolute atomic E-state index is 1.86. The maximum Gasteiger partial charge on any atom is -0.0200 e. The highest BCUT2D eigenvalue weighted by Gasteiger charge is 1.61. The Morgan fingerprint density at radius 2 is 0.800 bits per heavy atom. The molecule has 1 aliphatic rings. The van der Waals surface area contributed by atoms with Crippen molar-refractivity contribution in [1.29, 1.82) is 0 Å². The van der Waals surface area contributed by atoms with Crippen molar-refractivity contribution < 1.29 is 0 Å². The van der Waals surface area contributed by atoms with E-state index >= 15 is 0 Å². The van der Waals surface area contributed by atoms with E-state index < -0.39 is 0 Å². The average Bonchev–Trinajstić information content (AvgIpc) is 2.01. The van der Waals surface area contributed by atoms with Gasteiger partial charge in [-0.3, -0.25) is 0 Å². The van der Waals surface area contributed by atoms with Crippen molar-refractivity contribution in [3.05, 3.63) is 60.1 Å². The molecular weight excluding hydrogens is 120 g/mol. The van der Waals surface area contributed by atoms with Crippen LogP contribution in [0.5, 0.6) is 0 Å². The number of hydrogen-bond acceptors (Lipinski definition) is 0. The first-order chi connectivity index (χ1) is 5.00. The van der Waals surface area contributed by atoms with Crippen LogP contribution in [-0.2, 0) is 0 Å². The molecule has 1 rings (SSSR count). The van der Waals surface area contributed by atoms with E-state index in [2.05, 4.69) is 11.5 Å². The second-order valence-corrected chi connectivity index (χ2v) is 1.77. The minimum Gasteiger partial charge on any atom is -0.121 e. The first-order valence-electron chi connectivity index (χ1n) is 3.15. The molecule has 48 valence electrons. The van der Waals surface area contributed by atoms with Gasteiger partial charge in [-0.25, -0.2) is 0 Å². The maximum atomic E-state index is 2.96. The van der Waals surface area contributed by atoms with Crippen LogP contribution in [-0.4, -0.2) is 0 Å². The Kier molecular flexibility index (Phi) is 2.92. The third-order valence-electron chi connectivity index (χ3n) is 0.992. The molecule has 0 aromatic heterocycles. The third-order valence-corrected chi connectivity index (χ3v) is 0.992. The van der Waals surface area contributed by atoms with Crippen molar-refractivity contribution in [2.45, 2.75) is 0 Å². The van der Waals surface area contributed by atoms with E-state index in [9.17, 15) is 0 Å². The second kappa shape index (κ2) is 4.40. The van der Waals surface area contributed by atoms with E-state index in [-0.39, 0.29) is 0 Å². The number of rotatable bonds is 0. The predicted molar refractivity (Wildman–Crippen MR) is 43.6 cm³/mol. The largest absolute Gasteiger partial charge is 0.121 e. The Morgan fingerprint density at radius 3 is 1.10 bits per heavy atom. The molecule has 0 heteroatoms. The summed E-state index contributed by atoms with van der Waals surface area (Å²) >= 11 is 0. The van der Waals surface area contributed by atoms with E-state index in [0.29, 0.717) is 0 Å². The van der Waals surface area contributed by atoms with Crippen LogP contribution < -0.4 is 0 Å². The fourth-order valence-corrected chi connectivity index (χ4v) is 0.556. The smallest absolute Gasteiger partial charge is 0.0200 e. The van der Waals surface area contributed by atoms with Gasteiger partial charge >= 0.3 is 0 Å². The van der Waals surface area contributed by atoms with Gasteiger partial charge in [0.25, 0.3) is 0 Å². The second-order valence-electron chi connectivity index (χ2n) is 1.77. The summed E-state index contributed by atoms with van der Waals surface area (Å²) in [6, 6.07) is 0. The van der Waals surface area contributed by atoms with Crippen LogP contribution in [0.3, 0.4) is 0 Å². The van der Waals surface area contributed by atoms with Crippen LogP contribution in [0.15, 0.2) is 60.1 Å². The Morgan fingerprint density at radius 1 is 0.500 bits per heavy atom. The van der Waals surface area contributed by atoms with Crippen molar-refractivity contribution in [3.8, 4) is 0 Å². The van der Waals surface area contributed by atoms with Crippen LogP contribution in [0, 0.1) is 0 Å². The Bertz CT molecular complexity index is 212. The highest BCUT2D eigenvalue weighted by molar-refractivity contribution is 5.18. The van der Waals surface area contributed by atoms with Gasteiger partial charge in [-0.1, -0.05) is 24.3 Å². The number of hydrogen-bond donors (Lipinski definition) is 0. The molecule has 0 saturated heterocycles. The standard InChI is InChI=1S/C10H8/c1-2-4-6-8-10-9-7-5-3-1/h1-4,7-10H. The summed E-state index contributed by atoms with van der Waals surface area (Å²) in [6.45, 7) is 0. The quantitative estimate of drug-likeness (QED) is 0.440. The van der Waals surface area contributed by atoms with Crippen LogP contribution >= 0.6 is 0 Å². The van der Waals surface area contributed by atoms with Gasteiger partial charge in [0.05, 0.1) is 0 Å². The number of allylic oxidation sites excluding steroid dienone is 6. The zero-order valence-corrected chi connectivity index (χ0v) is 5.62. The first-order valence-corrected chi connectivity index (χ1v) is 3.15. The molecule has 10 heavy (non-hydrogen) atoms. The molecule has 0 nitrogen and oxygen atoms in total. The molecule has 0 aromatic carbocycles. The van der Waals surface area contributed by atoms with Crippen molar-refractivity contribution >= 4 is 0 Å². The summed E-state index contributed by atoms with van der Waals surface area (Å²) in [5.74, 6) is 0. The normalized spacial score (nSPS) is 14.4. The summed E-state index contributed by atoms with van der Waals surface area (Å²) in [4.78, 5) is 0. The minimum atomic E-state index is 1.86. The van der Waals surface area contributed by atoms with Crippen LogP contribution in [0.4, 0.5) is 0 Å². The third kappa shape index (κ3) is 2.74. The van der Waals surface area contributed by atoms with Crippen molar-refractivity contribution in [2.24, 2.45) is 0 Å². The molecular formula is C10H8. The van der Waals surface area contributed by atoms with Crippen LogP contribution in [0.1, 0.15) is 0 Å². The lowest BCUT2D eigenvalue weighted by Gasteiger charge is -1.71. The van der Waals surface area contributed by atoms with Gasteiger partial charge in [-0.15, -0.1) is 11.5 Å². The van der Waals surface area contributed by atoms with E-state index in [1.54, 1.807) is 0 Å². The molecule has 0 heterocycles. The first kappa shape index (κ1) is 6.64. The molecule has 1 aliphatic carbocycles. The van der Waals surface area contributed by atoms with E-state index in [0.717, 1.165) is 0 Å². The predicted octanol–water partition coefficient (Wildman–Crippen LogP) is 2.54.